The maximum Gasteiger partial charge on any atom is 0.338 e. The molecule has 28 heavy (non-hydrogen) atoms. The van der Waals surface area contributed by atoms with Gasteiger partial charge in [0.25, 0.3) is 5.91 Å². The van der Waals surface area contributed by atoms with Crippen LogP contribution in [-0.2, 0) is 9.53 Å². The van der Waals surface area contributed by atoms with Gasteiger partial charge < -0.3 is 14.5 Å². The number of benzene rings is 2. The molecule has 1 amide bonds. The number of carbonyl (C=O) groups is 3. The number of esters is 1. The van der Waals surface area contributed by atoms with Crippen LogP contribution in [-0.4, -0.2) is 24.8 Å². The molecule has 142 valence electrons. The first kappa shape index (κ1) is 19.1. The van der Waals surface area contributed by atoms with Gasteiger partial charge in [0.05, 0.1) is 11.6 Å². The SMILES string of the molecule is C[C@@H](NC(=O)COC(=O)c1ccc(-c2ccc(C=O)o2)cc1)c1ccccc1. The summed E-state index contributed by atoms with van der Waals surface area (Å²) < 4.78 is 10.4. The zero-order valence-corrected chi connectivity index (χ0v) is 15.3. The van der Waals surface area contributed by atoms with E-state index in [-0.39, 0.29) is 24.3 Å². The van der Waals surface area contributed by atoms with E-state index in [1.54, 1.807) is 36.4 Å². The molecule has 6 heteroatoms. The second kappa shape index (κ2) is 8.81. The molecule has 2 aromatic carbocycles. The van der Waals surface area contributed by atoms with Crippen molar-refractivity contribution in [2.45, 2.75) is 13.0 Å². The lowest BCUT2D eigenvalue weighted by Crippen LogP contribution is -2.31. The summed E-state index contributed by atoms with van der Waals surface area (Å²) in [4.78, 5) is 34.8. The minimum absolute atomic E-state index is 0.184. The van der Waals surface area contributed by atoms with E-state index >= 15 is 0 Å². The van der Waals surface area contributed by atoms with E-state index in [9.17, 15) is 14.4 Å². The van der Waals surface area contributed by atoms with Crippen LogP contribution in [0.25, 0.3) is 11.3 Å². The first-order valence-corrected chi connectivity index (χ1v) is 8.73. The molecule has 0 aliphatic carbocycles. The highest BCUT2D eigenvalue weighted by atomic mass is 16.5. The Bertz CT molecular complexity index is 960. The van der Waals surface area contributed by atoms with E-state index in [0.29, 0.717) is 17.6 Å². The van der Waals surface area contributed by atoms with Crippen molar-refractivity contribution in [1.82, 2.24) is 5.32 Å². The van der Waals surface area contributed by atoms with Crippen LogP contribution in [0.4, 0.5) is 0 Å². The lowest BCUT2D eigenvalue weighted by molar-refractivity contribution is -0.124. The number of amides is 1. The van der Waals surface area contributed by atoms with Gasteiger partial charge in [0, 0.05) is 5.56 Å². The van der Waals surface area contributed by atoms with Crippen molar-refractivity contribution in [3.63, 3.8) is 0 Å². The minimum Gasteiger partial charge on any atom is -0.453 e. The number of rotatable bonds is 7. The van der Waals surface area contributed by atoms with Crippen LogP contribution in [0.2, 0.25) is 0 Å². The van der Waals surface area contributed by atoms with Crippen LogP contribution in [0.3, 0.4) is 0 Å². The number of hydrogen-bond acceptors (Lipinski definition) is 5. The molecule has 1 heterocycles. The number of nitrogens with one attached hydrogen (secondary N) is 1. The van der Waals surface area contributed by atoms with Crippen molar-refractivity contribution in [2.75, 3.05) is 6.61 Å². The molecular formula is C22H19NO5. The average Bonchev–Trinajstić information content (AvgIpc) is 3.22. The lowest BCUT2D eigenvalue weighted by atomic mass is 10.1. The smallest absolute Gasteiger partial charge is 0.338 e. The van der Waals surface area contributed by atoms with Crippen LogP contribution in [0.5, 0.6) is 0 Å². The molecule has 0 unspecified atom stereocenters. The summed E-state index contributed by atoms with van der Waals surface area (Å²) in [5.41, 5.74) is 2.00. The van der Waals surface area contributed by atoms with Gasteiger partial charge in [-0.25, -0.2) is 4.79 Å². The summed E-state index contributed by atoms with van der Waals surface area (Å²) in [7, 11) is 0. The molecule has 0 saturated heterocycles. The number of carbonyl (C=O) groups excluding carboxylic acids is 3. The van der Waals surface area contributed by atoms with Gasteiger partial charge in [0.1, 0.15) is 5.76 Å². The number of aldehydes is 1. The normalized spacial score (nSPS) is 11.5. The summed E-state index contributed by atoms with van der Waals surface area (Å²) in [6.45, 7) is 1.50. The second-order valence-electron chi connectivity index (χ2n) is 6.17. The fourth-order valence-corrected chi connectivity index (χ4v) is 2.66. The van der Waals surface area contributed by atoms with Gasteiger partial charge in [0.15, 0.2) is 18.7 Å². The van der Waals surface area contributed by atoms with E-state index in [2.05, 4.69) is 5.32 Å². The van der Waals surface area contributed by atoms with Gasteiger partial charge in [-0.2, -0.15) is 0 Å². The van der Waals surface area contributed by atoms with E-state index in [1.165, 1.54) is 0 Å². The zero-order valence-electron chi connectivity index (χ0n) is 15.3. The van der Waals surface area contributed by atoms with Gasteiger partial charge >= 0.3 is 5.97 Å². The van der Waals surface area contributed by atoms with Crippen molar-refractivity contribution in [1.29, 1.82) is 0 Å². The Morgan fingerprint density at radius 3 is 2.39 bits per heavy atom. The molecule has 0 aliphatic heterocycles. The fraction of sp³-hybridized carbons (Fsp3) is 0.136. The minimum atomic E-state index is -0.595. The van der Waals surface area contributed by atoms with Crippen LogP contribution >= 0.6 is 0 Å². The van der Waals surface area contributed by atoms with Crippen LogP contribution < -0.4 is 5.32 Å². The van der Waals surface area contributed by atoms with Gasteiger partial charge in [0.2, 0.25) is 0 Å². The molecule has 0 bridgehead atoms. The lowest BCUT2D eigenvalue weighted by Gasteiger charge is -2.14. The van der Waals surface area contributed by atoms with Crippen molar-refractivity contribution >= 4 is 18.2 Å². The zero-order chi connectivity index (χ0) is 19.9. The Hall–Kier alpha value is -3.67. The number of ether oxygens (including phenoxy) is 1. The highest BCUT2D eigenvalue weighted by molar-refractivity contribution is 5.91. The Morgan fingerprint density at radius 2 is 1.75 bits per heavy atom. The predicted molar refractivity (Wildman–Crippen MR) is 103 cm³/mol. The number of hydrogen-bond donors (Lipinski definition) is 1. The summed E-state index contributed by atoms with van der Waals surface area (Å²) in [5.74, 6) is -0.217. The standard InChI is InChI=1S/C22H19NO5/c1-15(16-5-3-2-4-6-16)23-21(25)14-27-22(26)18-9-7-17(8-10-18)20-12-11-19(13-24)28-20/h2-13,15H,14H2,1H3,(H,23,25)/t15-/m1/s1. The highest BCUT2D eigenvalue weighted by Crippen LogP contribution is 2.22. The first-order valence-electron chi connectivity index (χ1n) is 8.73. The summed E-state index contributed by atoms with van der Waals surface area (Å²) in [6.07, 6.45) is 0.624. The topological polar surface area (TPSA) is 85.6 Å². The maximum atomic E-state index is 12.1. The Kier molecular flexibility index (Phi) is 6.01. The molecule has 6 nitrogen and oxygen atoms in total. The summed E-state index contributed by atoms with van der Waals surface area (Å²) in [5, 5.41) is 2.78. The molecule has 0 fully saturated rings. The second-order valence-corrected chi connectivity index (χ2v) is 6.17. The van der Waals surface area contributed by atoms with Gasteiger partial charge in [-0.15, -0.1) is 0 Å². The van der Waals surface area contributed by atoms with E-state index in [0.717, 1.165) is 11.1 Å². The third kappa shape index (κ3) is 4.73. The molecule has 1 N–H and O–H groups in total. The van der Waals surface area contributed by atoms with Crippen molar-refractivity contribution < 1.29 is 23.5 Å². The predicted octanol–water partition coefficient (Wildman–Crippen LogP) is 3.79. The molecule has 3 aromatic rings. The van der Waals surface area contributed by atoms with E-state index in [1.807, 2.05) is 37.3 Å². The third-order valence-corrected chi connectivity index (χ3v) is 4.16. The third-order valence-electron chi connectivity index (χ3n) is 4.16. The fourth-order valence-electron chi connectivity index (χ4n) is 2.66. The summed E-state index contributed by atoms with van der Waals surface area (Å²) in [6, 6.07) is 19.1. The Labute approximate surface area is 162 Å². The van der Waals surface area contributed by atoms with Gasteiger partial charge in [-0.05, 0) is 36.8 Å². The molecule has 0 radical (unpaired) electrons. The Balaban J connectivity index is 1.53. The van der Waals surface area contributed by atoms with Crippen LogP contribution in [0.1, 0.15) is 39.4 Å². The van der Waals surface area contributed by atoms with Gasteiger partial charge in [-0.1, -0.05) is 42.5 Å². The van der Waals surface area contributed by atoms with Crippen molar-refractivity contribution in [3.05, 3.63) is 83.6 Å². The first-order chi connectivity index (χ1) is 13.6. The molecule has 0 aliphatic rings. The number of furan rings is 1. The Morgan fingerprint density at radius 1 is 1.04 bits per heavy atom. The van der Waals surface area contributed by atoms with Crippen LogP contribution in [0, 0.1) is 0 Å². The van der Waals surface area contributed by atoms with Crippen molar-refractivity contribution in [2.24, 2.45) is 0 Å². The van der Waals surface area contributed by atoms with E-state index < -0.39 is 5.97 Å². The molecule has 0 spiro atoms. The van der Waals surface area contributed by atoms with Crippen LogP contribution in [0.15, 0.2) is 71.1 Å². The molecule has 1 atom stereocenters. The maximum absolute atomic E-state index is 12.1. The monoisotopic (exact) mass is 377 g/mol. The molecule has 1 aromatic heterocycles. The van der Waals surface area contributed by atoms with Crippen molar-refractivity contribution in [3.8, 4) is 11.3 Å². The highest BCUT2D eigenvalue weighted by Gasteiger charge is 2.13. The molecular weight excluding hydrogens is 358 g/mol. The molecule has 0 saturated carbocycles. The van der Waals surface area contributed by atoms with E-state index in [4.69, 9.17) is 9.15 Å². The average molecular weight is 377 g/mol. The van der Waals surface area contributed by atoms with Gasteiger partial charge in [-0.3, -0.25) is 9.59 Å². The summed E-state index contributed by atoms with van der Waals surface area (Å²) >= 11 is 0. The largest absolute Gasteiger partial charge is 0.453 e. The quantitative estimate of drug-likeness (QED) is 0.500. The molecule has 3 rings (SSSR count).